The second kappa shape index (κ2) is 7.98. The minimum Gasteiger partial charge on any atom is -0.348 e. The van der Waals surface area contributed by atoms with Crippen LogP contribution < -0.4 is 11.0 Å². The number of fused-ring (bicyclic) bond motifs is 1. The zero-order chi connectivity index (χ0) is 23.3. The third kappa shape index (κ3) is 4.27. The van der Waals surface area contributed by atoms with Crippen molar-refractivity contribution in [2.24, 2.45) is 27.9 Å². The van der Waals surface area contributed by atoms with Crippen LogP contribution in [0, 0.1) is 10.8 Å². The Labute approximate surface area is 188 Å². The molecule has 1 aliphatic heterocycles. The zero-order valence-corrected chi connectivity index (χ0v) is 20.0. The Bertz CT molecular complexity index is 1160. The van der Waals surface area contributed by atoms with E-state index in [-0.39, 0.29) is 34.4 Å². The predicted molar refractivity (Wildman–Crippen MR) is 128 cm³/mol. The van der Waals surface area contributed by atoms with Crippen molar-refractivity contribution in [3.05, 3.63) is 28.3 Å². The normalized spacial score (nSPS) is 22.9. The Hall–Kier alpha value is -2.77. The van der Waals surface area contributed by atoms with Gasteiger partial charge in [0.15, 0.2) is 5.65 Å². The molecule has 0 saturated heterocycles. The summed E-state index contributed by atoms with van der Waals surface area (Å²) < 4.78 is 3.47. The SMILES string of the molecule is Cn1c(=O)n(CC(C)(C)C)c2ccc(C3CCC(C)(C)C(NC(=O)C4=NC=NC4)C3)nc21. The van der Waals surface area contributed by atoms with E-state index in [9.17, 15) is 9.59 Å². The van der Waals surface area contributed by atoms with Crippen molar-refractivity contribution in [2.75, 3.05) is 6.54 Å². The Kier molecular flexibility index (Phi) is 5.59. The number of imidazole rings is 1. The first-order chi connectivity index (χ1) is 15.0. The standard InChI is InChI=1S/C24H34N6O2/c1-23(2,3)13-30-18-8-7-16(27-20(18)29(6)22(30)32)15-9-10-24(4,5)19(11-15)28-21(31)17-12-25-14-26-17/h7-8,14-15,19H,9-13H2,1-6H3,(H,28,31). The molecule has 32 heavy (non-hydrogen) atoms. The molecule has 0 spiro atoms. The van der Waals surface area contributed by atoms with Gasteiger partial charge in [-0.15, -0.1) is 0 Å². The highest BCUT2D eigenvalue weighted by Gasteiger charge is 2.39. The Balaban J connectivity index is 1.60. The molecule has 1 fully saturated rings. The highest BCUT2D eigenvalue weighted by atomic mass is 16.2. The first kappa shape index (κ1) is 22.4. The number of nitrogens with one attached hydrogen (secondary N) is 1. The van der Waals surface area contributed by atoms with Crippen LogP contribution >= 0.6 is 0 Å². The third-order valence-corrected chi connectivity index (χ3v) is 6.76. The summed E-state index contributed by atoms with van der Waals surface area (Å²) in [7, 11) is 1.79. The summed E-state index contributed by atoms with van der Waals surface area (Å²) in [6.45, 7) is 11.8. The van der Waals surface area contributed by atoms with Crippen molar-refractivity contribution >= 4 is 29.1 Å². The van der Waals surface area contributed by atoms with E-state index >= 15 is 0 Å². The van der Waals surface area contributed by atoms with Gasteiger partial charge in [0.2, 0.25) is 0 Å². The second-order valence-corrected chi connectivity index (χ2v) is 11.1. The number of carbonyl (C=O) groups is 1. The van der Waals surface area contributed by atoms with Crippen LogP contribution in [0.1, 0.15) is 65.5 Å². The quantitative estimate of drug-likeness (QED) is 0.795. The Morgan fingerprint density at radius 3 is 2.69 bits per heavy atom. The van der Waals surface area contributed by atoms with Gasteiger partial charge in [0.25, 0.3) is 5.91 Å². The maximum Gasteiger partial charge on any atom is 0.330 e. The number of aliphatic imine (C=N–C) groups is 2. The molecule has 0 aromatic carbocycles. The second-order valence-electron chi connectivity index (χ2n) is 11.1. The monoisotopic (exact) mass is 438 g/mol. The molecule has 2 aromatic rings. The van der Waals surface area contributed by atoms with Crippen molar-refractivity contribution in [1.82, 2.24) is 19.4 Å². The first-order valence-electron chi connectivity index (χ1n) is 11.4. The molecule has 1 amide bonds. The number of aromatic nitrogens is 3. The molecule has 4 rings (SSSR count). The Morgan fingerprint density at radius 2 is 2.03 bits per heavy atom. The van der Waals surface area contributed by atoms with Gasteiger partial charge in [-0.3, -0.25) is 18.9 Å². The van der Waals surface area contributed by atoms with Crippen LogP contribution in [0.5, 0.6) is 0 Å². The lowest BCUT2D eigenvalue weighted by Gasteiger charge is -2.42. The maximum atomic E-state index is 12.9. The highest BCUT2D eigenvalue weighted by Crippen LogP contribution is 2.42. The lowest BCUT2D eigenvalue weighted by Crippen LogP contribution is -2.50. The molecule has 8 heteroatoms. The van der Waals surface area contributed by atoms with Crippen LogP contribution in [0.2, 0.25) is 0 Å². The summed E-state index contributed by atoms with van der Waals surface area (Å²) in [5.74, 6) is 0.0897. The van der Waals surface area contributed by atoms with E-state index in [0.717, 1.165) is 36.1 Å². The predicted octanol–water partition coefficient (Wildman–Crippen LogP) is 3.04. The van der Waals surface area contributed by atoms with E-state index in [0.29, 0.717) is 18.8 Å². The first-order valence-corrected chi connectivity index (χ1v) is 11.4. The fourth-order valence-corrected chi connectivity index (χ4v) is 4.76. The van der Waals surface area contributed by atoms with Crippen LogP contribution in [0.25, 0.3) is 11.2 Å². The summed E-state index contributed by atoms with van der Waals surface area (Å²) in [4.78, 5) is 38.5. The van der Waals surface area contributed by atoms with E-state index in [1.165, 1.54) is 6.34 Å². The number of hydrogen-bond donors (Lipinski definition) is 1. The average molecular weight is 439 g/mol. The number of aryl methyl sites for hydroxylation is 1. The van der Waals surface area contributed by atoms with Gasteiger partial charge in [0, 0.05) is 31.2 Å². The fourth-order valence-electron chi connectivity index (χ4n) is 4.76. The average Bonchev–Trinajstić information content (AvgIpc) is 3.33. The molecule has 1 saturated carbocycles. The molecule has 2 atom stereocenters. The molecule has 1 aliphatic carbocycles. The lowest BCUT2D eigenvalue weighted by molar-refractivity contribution is -0.116. The highest BCUT2D eigenvalue weighted by molar-refractivity contribution is 6.41. The van der Waals surface area contributed by atoms with E-state index in [1.54, 1.807) is 11.6 Å². The molecule has 0 bridgehead atoms. The minimum atomic E-state index is -0.133. The van der Waals surface area contributed by atoms with Gasteiger partial charge in [-0.05, 0) is 42.2 Å². The summed E-state index contributed by atoms with van der Waals surface area (Å²) in [5, 5.41) is 3.20. The van der Waals surface area contributed by atoms with Gasteiger partial charge in [0.1, 0.15) is 12.1 Å². The van der Waals surface area contributed by atoms with Crippen molar-refractivity contribution in [1.29, 1.82) is 0 Å². The summed E-state index contributed by atoms with van der Waals surface area (Å²) in [6.07, 6.45) is 4.23. The van der Waals surface area contributed by atoms with Crippen LogP contribution in [-0.4, -0.2) is 44.7 Å². The van der Waals surface area contributed by atoms with Gasteiger partial charge in [-0.25, -0.2) is 14.8 Å². The van der Waals surface area contributed by atoms with Crippen LogP contribution in [0.3, 0.4) is 0 Å². The van der Waals surface area contributed by atoms with Crippen LogP contribution in [0.15, 0.2) is 26.9 Å². The summed E-state index contributed by atoms with van der Waals surface area (Å²) in [6, 6.07) is 4.10. The number of pyridine rings is 1. The number of hydrogen-bond acceptors (Lipinski definition) is 5. The number of rotatable bonds is 4. The number of carbonyl (C=O) groups excluding carboxylic acids is 1. The van der Waals surface area contributed by atoms with Crippen molar-refractivity contribution in [2.45, 2.75) is 72.4 Å². The molecule has 3 heterocycles. The van der Waals surface area contributed by atoms with Gasteiger partial charge < -0.3 is 5.32 Å². The topological polar surface area (TPSA) is 93.6 Å². The molecule has 172 valence electrons. The van der Waals surface area contributed by atoms with Gasteiger partial charge >= 0.3 is 5.69 Å². The third-order valence-electron chi connectivity index (χ3n) is 6.76. The molecule has 2 unspecified atom stereocenters. The van der Waals surface area contributed by atoms with E-state index in [4.69, 9.17) is 4.98 Å². The maximum absolute atomic E-state index is 12.9. The molecular formula is C24H34N6O2. The molecule has 1 N–H and O–H groups in total. The van der Waals surface area contributed by atoms with Crippen molar-refractivity contribution < 1.29 is 4.79 Å². The smallest absolute Gasteiger partial charge is 0.330 e. The van der Waals surface area contributed by atoms with E-state index in [1.807, 2.05) is 10.6 Å². The lowest BCUT2D eigenvalue weighted by atomic mass is 9.68. The fraction of sp³-hybridized carbons (Fsp3) is 0.625. The molecule has 2 aliphatic rings. The van der Waals surface area contributed by atoms with Crippen LogP contribution in [0.4, 0.5) is 0 Å². The molecule has 8 nitrogen and oxygen atoms in total. The number of amides is 1. The van der Waals surface area contributed by atoms with Gasteiger partial charge in [-0.2, -0.15) is 0 Å². The van der Waals surface area contributed by atoms with Crippen molar-refractivity contribution in [3.8, 4) is 0 Å². The molecular weight excluding hydrogens is 404 g/mol. The zero-order valence-electron chi connectivity index (χ0n) is 20.0. The minimum absolute atomic E-state index is 0.00812. The van der Waals surface area contributed by atoms with E-state index < -0.39 is 0 Å². The largest absolute Gasteiger partial charge is 0.348 e. The van der Waals surface area contributed by atoms with Crippen LogP contribution in [-0.2, 0) is 18.4 Å². The number of nitrogens with zero attached hydrogens (tertiary/aromatic N) is 5. The van der Waals surface area contributed by atoms with Crippen molar-refractivity contribution in [3.63, 3.8) is 0 Å². The van der Waals surface area contributed by atoms with Gasteiger partial charge in [-0.1, -0.05) is 34.6 Å². The van der Waals surface area contributed by atoms with Gasteiger partial charge in [0.05, 0.1) is 12.1 Å². The summed E-state index contributed by atoms with van der Waals surface area (Å²) >= 11 is 0. The molecule has 0 radical (unpaired) electrons. The molecule has 2 aromatic heterocycles. The Morgan fingerprint density at radius 1 is 1.28 bits per heavy atom. The van der Waals surface area contributed by atoms with E-state index in [2.05, 4.69) is 56.0 Å². The summed E-state index contributed by atoms with van der Waals surface area (Å²) in [5.41, 5.74) is 2.99.